The van der Waals surface area contributed by atoms with Crippen LogP contribution in [0.1, 0.15) is 17.6 Å². The molecule has 4 heteroatoms. The van der Waals surface area contributed by atoms with E-state index in [9.17, 15) is 8.78 Å². The Balaban J connectivity index is 2.43. The molecule has 1 aliphatic heterocycles. The first-order valence-electron chi connectivity index (χ1n) is 5.05. The molecular weight excluding hydrogens is 212 g/mol. The van der Waals surface area contributed by atoms with Crippen molar-refractivity contribution in [3.8, 4) is 5.75 Å². The van der Waals surface area contributed by atoms with Crippen molar-refractivity contribution in [2.75, 3.05) is 20.2 Å². The number of ether oxygens (including phenoxy) is 1. The van der Waals surface area contributed by atoms with Crippen molar-refractivity contribution in [2.45, 2.75) is 6.43 Å². The highest BCUT2D eigenvalue weighted by Crippen LogP contribution is 2.32. The van der Waals surface area contributed by atoms with E-state index in [1.165, 1.54) is 12.1 Å². The van der Waals surface area contributed by atoms with Gasteiger partial charge in [-0.05, 0) is 12.1 Å². The fourth-order valence-electron chi connectivity index (χ4n) is 1.67. The lowest BCUT2D eigenvalue weighted by Crippen LogP contribution is -2.19. The second kappa shape index (κ2) is 4.12. The predicted octanol–water partition coefficient (Wildman–Crippen LogP) is 2.92. The van der Waals surface area contributed by atoms with E-state index in [1.807, 2.05) is 11.9 Å². The van der Waals surface area contributed by atoms with E-state index in [0.717, 1.165) is 11.3 Å². The van der Waals surface area contributed by atoms with Crippen molar-refractivity contribution >= 4 is 5.70 Å². The molecule has 0 atom stereocenters. The Kier molecular flexibility index (Phi) is 2.81. The summed E-state index contributed by atoms with van der Waals surface area (Å²) < 4.78 is 30.5. The molecule has 1 aromatic rings. The van der Waals surface area contributed by atoms with Gasteiger partial charge in [-0.25, -0.2) is 8.78 Å². The van der Waals surface area contributed by atoms with Crippen LogP contribution in [-0.2, 0) is 0 Å². The molecule has 0 saturated carbocycles. The summed E-state index contributed by atoms with van der Waals surface area (Å²) in [6.07, 6.45) is -2.47. The molecule has 0 aromatic heterocycles. The Morgan fingerprint density at radius 3 is 2.88 bits per heavy atom. The fraction of sp³-hybridized carbons (Fsp3) is 0.333. The van der Waals surface area contributed by atoms with Gasteiger partial charge in [0.15, 0.2) is 0 Å². The zero-order chi connectivity index (χ0) is 11.7. The Morgan fingerprint density at radius 1 is 1.44 bits per heavy atom. The van der Waals surface area contributed by atoms with Gasteiger partial charge in [0.05, 0.1) is 6.54 Å². The van der Waals surface area contributed by atoms with Crippen LogP contribution in [0, 0.1) is 0 Å². The maximum Gasteiger partial charge on any atom is 0.263 e. The first kappa shape index (κ1) is 10.9. The normalized spacial score (nSPS) is 15.8. The minimum atomic E-state index is -2.47. The summed E-state index contributed by atoms with van der Waals surface area (Å²) in [6.45, 7) is 5.12. The molecule has 1 aliphatic rings. The van der Waals surface area contributed by atoms with Crippen LogP contribution in [0.3, 0.4) is 0 Å². The lowest BCUT2D eigenvalue weighted by Gasteiger charge is -2.17. The zero-order valence-corrected chi connectivity index (χ0v) is 9.04. The van der Waals surface area contributed by atoms with Gasteiger partial charge in [-0.1, -0.05) is 12.6 Å². The molecule has 0 bridgehead atoms. The smallest absolute Gasteiger partial charge is 0.263 e. The van der Waals surface area contributed by atoms with Crippen molar-refractivity contribution in [1.82, 2.24) is 4.90 Å². The van der Waals surface area contributed by atoms with Gasteiger partial charge in [0.25, 0.3) is 6.43 Å². The molecule has 0 fully saturated rings. The van der Waals surface area contributed by atoms with E-state index in [-0.39, 0.29) is 5.56 Å². The van der Waals surface area contributed by atoms with Crippen LogP contribution >= 0.6 is 0 Å². The van der Waals surface area contributed by atoms with Crippen molar-refractivity contribution in [1.29, 1.82) is 0 Å². The quantitative estimate of drug-likeness (QED) is 0.728. The van der Waals surface area contributed by atoms with E-state index in [1.54, 1.807) is 6.07 Å². The zero-order valence-electron chi connectivity index (χ0n) is 9.04. The monoisotopic (exact) mass is 225 g/mol. The molecule has 0 radical (unpaired) electrons. The molecule has 0 N–H and O–H groups in total. The summed E-state index contributed by atoms with van der Waals surface area (Å²) in [7, 11) is 1.90. The molecule has 0 unspecified atom stereocenters. The number of fused-ring (bicyclic) bond motifs is 1. The average molecular weight is 225 g/mol. The van der Waals surface area contributed by atoms with Gasteiger partial charge in [0.2, 0.25) is 0 Å². The minimum Gasteiger partial charge on any atom is -0.491 e. The topological polar surface area (TPSA) is 12.5 Å². The highest BCUT2D eigenvalue weighted by atomic mass is 19.3. The number of hydrogen-bond acceptors (Lipinski definition) is 2. The van der Waals surface area contributed by atoms with E-state index in [4.69, 9.17) is 4.74 Å². The summed E-state index contributed by atoms with van der Waals surface area (Å²) in [6, 6.07) is 4.45. The van der Waals surface area contributed by atoms with Gasteiger partial charge in [-0.3, -0.25) is 0 Å². The fourth-order valence-corrected chi connectivity index (χ4v) is 1.67. The maximum absolute atomic E-state index is 12.5. The molecule has 16 heavy (non-hydrogen) atoms. The molecule has 2 rings (SSSR count). The molecule has 1 heterocycles. The number of alkyl halides is 2. The number of hydrogen-bond donors (Lipinski definition) is 0. The summed E-state index contributed by atoms with van der Waals surface area (Å²) in [5, 5.41) is 0. The van der Waals surface area contributed by atoms with Gasteiger partial charge in [-0.15, -0.1) is 0 Å². The third-order valence-electron chi connectivity index (χ3n) is 2.71. The van der Waals surface area contributed by atoms with Gasteiger partial charge in [0, 0.05) is 23.9 Å². The number of rotatable bonds is 1. The SMILES string of the molecule is C=C1c2ccc(C(F)F)cc2OCCN1C. The molecule has 0 saturated heterocycles. The Labute approximate surface area is 93.1 Å². The summed E-state index contributed by atoms with van der Waals surface area (Å²) in [5.74, 6) is 0.493. The summed E-state index contributed by atoms with van der Waals surface area (Å²) >= 11 is 0. The van der Waals surface area contributed by atoms with Crippen molar-refractivity contribution in [2.24, 2.45) is 0 Å². The number of nitrogens with zero attached hydrogens (tertiary/aromatic N) is 1. The number of benzene rings is 1. The molecule has 0 aliphatic carbocycles. The molecule has 2 nitrogen and oxygen atoms in total. The van der Waals surface area contributed by atoms with Gasteiger partial charge >= 0.3 is 0 Å². The lowest BCUT2D eigenvalue weighted by atomic mass is 10.1. The molecule has 0 spiro atoms. The average Bonchev–Trinajstić information content (AvgIpc) is 2.40. The number of likely N-dealkylation sites (N-methyl/N-ethyl adjacent to an activating group) is 1. The third-order valence-corrected chi connectivity index (χ3v) is 2.71. The van der Waals surface area contributed by atoms with Gasteiger partial charge in [-0.2, -0.15) is 0 Å². The van der Waals surface area contributed by atoms with E-state index in [0.29, 0.717) is 18.9 Å². The minimum absolute atomic E-state index is 0.0175. The van der Waals surface area contributed by atoms with Crippen LogP contribution in [0.4, 0.5) is 8.78 Å². The van der Waals surface area contributed by atoms with Crippen LogP contribution < -0.4 is 4.74 Å². The highest BCUT2D eigenvalue weighted by Gasteiger charge is 2.18. The second-order valence-corrected chi connectivity index (χ2v) is 3.77. The van der Waals surface area contributed by atoms with Crippen LogP contribution in [0.15, 0.2) is 24.8 Å². The van der Waals surface area contributed by atoms with Gasteiger partial charge < -0.3 is 9.64 Å². The standard InChI is InChI=1S/C12H13F2NO/c1-8-10-4-3-9(12(13)14)7-11(10)16-6-5-15(8)2/h3-4,7,12H,1,5-6H2,2H3. The van der Waals surface area contributed by atoms with Gasteiger partial charge in [0.1, 0.15) is 12.4 Å². The lowest BCUT2D eigenvalue weighted by molar-refractivity contribution is 0.151. The first-order chi connectivity index (χ1) is 7.59. The van der Waals surface area contributed by atoms with Crippen molar-refractivity contribution in [3.05, 3.63) is 35.9 Å². The largest absolute Gasteiger partial charge is 0.491 e. The van der Waals surface area contributed by atoms with E-state index in [2.05, 4.69) is 6.58 Å². The first-order valence-corrected chi connectivity index (χ1v) is 5.05. The molecule has 1 aromatic carbocycles. The second-order valence-electron chi connectivity index (χ2n) is 3.77. The maximum atomic E-state index is 12.5. The Morgan fingerprint density at radius 2 is 2.19 bits per heavy atom. The van der Waals surface area contributed by atoms with E-state index >= 15 is 0 Å². The van der Waals surface area contributed by atoms with Crippen LogP contribution in [0.2, 0.25) is 0 Å². The van der Waals surface area contributed by atoms with Crippen molar-refractivity contribution in [3.63, 3.8) is 0 Å². The summed E-state index contributed by atoms with van der Waals surface area (Å²) in [4.78, 5) is 1.95. The molecule has 0 amide bonds. The van der Waals surface area contributed by atoms with Crippen molar-refractivity contribution < 1.29 is 13.5 Å². The Hall–Kier alpha value is -1.58. The highest BCUT2D eigenvalue weighted by molar-refractivity contribution is 5.68. The van der Waals surface area contributed by atoms with E-state index < -0.39 is 6.43 Å². The molecule has 86 valence electrons. The predicted molar refractivity (Wildman–Crippen MR) is 58.6 cm³/mol. The molecular formula is C12H13F2NO. The van der Waals surface area contributed by atoms with Crippen LogP contribution in [0.5, 0.6) is 5.75 Å². The van der Waals surface area contributed by atoms with Crippen LogP contribution in [-0.4, -0.2) is 25.1 Å². The van der Waals surface area contributed by atoms with Crippen LogP contribution in [0.25, 0.3) is 5.70 Å². The number of halogens is 2. The summed E-state index contributed by atoms with van der Waals surface area (Å²) in [5.41, 5.74) is 1.56. The Bertz CT molecular complexity index is 417. The third kappa shape index (κ3) is 1.87.